The molecule has 0 aliphatic rings. The van der Waals surface area contributed by atoms with Crippen molar-refractivity contribution in [2.75, 3.05) is 11.9 Å². The minimum absolute atomic E-state index is 0.0150. The van der Waals surface area contributed by atoms with E-state index in [9.17, 15) is 4.79 Å². The number of benzene rings is 1. The van der Waals surface area contributed by atoms with Crippen LogP contribution >= 0.6 is 11.6 Å². The summed E-state index contributed by atoms with van der Waals surface area (Å²) in [6, 6.07) is 5.11. The molecule has 2 aromatic rings. The third-order valence-electron chi connectivity index (χ3n) is 2.46. The van der Waals surface area contributed by atoms with Crippen molar-refractivity contribution in [2.24, 2.45) is 0 Å². The topological polar surface area (TPSA) is 80.0 Å². The fourth-order valence-electron chi connectivity index (χ4n) is 1.59. The highest BCUT2D eigenvalue weighted by Crippen LogP contribution is 2.24. The van der Waals surface area contributed by atoms with E-state index in [0.717, 1.165) is 0 Å². The van der Waals surface area contributed by atoms with Gasteiger partial charge in [-0.05, 0) is 24.6 Å². The molecule has 19 heavy (non-hydrogen) atoms. The third-order valence-corrected chi connectivity index (χ3v) is 2.70. The maximum absolute atomic E-state index is 11.7. The van der Waals surface area contributed by atoms with Crippen LogP contribution in [0.3, 0.4) is 0 Å². The van der Waals surface area contributed by atoms with Crippen LogP contribution in [0, 0.1) is 0 Å². The van der Waals surface area contributed by atoms with E-state index in [-0.39, 0.29) is 18.9 Å². The molecule has 0 saturated carbocycles. The van der Waals surface area contributed by atoms with Crippen molar-refractivity contribution >= 4 is 23.2 Å². The first kappa shape index (κ1) is 13.5. The minimum Gasteiger partial charge on any atom is -0.396 e. The lowest BCUT2D eigenvalue weighted by atomic mass is 10.2. The summed E-state index contributed by atoms with van der Waals surface area (Å²) in [5, 5.41) is 16.0. The molecule has 2 rings (SSSR count). The Labute approximate surface area is 115 Å². The number of aliphatic hydroxyl groups excluding tert-OH is 1. The zero-order chi connectivity index (χ0) is 13.7. The van der Waals surface area contributed by atoms with Crippen LogP contribution in [0.1, 0.15) is 12.8 Å². The van der Waals surface area contributed by atoms with Crippen LogP contribution in [0.25, 0.3) is 5.69 Å². The fourth-order valence-corrected chi connectivity index (χ4v) is 1.77. The van der Waals surface area contributed by atoms with Crippen LogP contribution in [0.2, 0.25) is 5.02 Å². The van der Waals surface area contributed by atoms with E-state index in [1.54, 1.807) is 18.2 Å². The number of halogens is 1. The number of amides is 1. The number of aromatic nitrogens is 3. The van der Waals surface area contributed by atoms with Gasteiger partial charge >= 0.3 is 0 Å². The molecule has 100 valence electrons. The zero-order valence-electron chi connectivity index (χ0n) is 10.1. The van der Waals surface area contributed by atoms with Crippen molar-refractivity contribution in [1.82, 2.24) is 14.8 Å². The van der Waals surface area contributed by atoms with Crippen molar-refractivity contribution in [3.63, 3.8) is 0 Å². The van der Waals surface area contributed by atoms with Gasteiger partial charge in [-0.1, -0.05) is 11.6 Å². The summed E-state index contributed by atoms with van der Waals surface area (Å²) in [5.74, 6) is -0.183. The molecule has 0 unspecified atom stereocenters. The molecular weight excluding hydrogens is 268 g/mol. The summed E-state index contributed by atoms with van der Waals surface area (Å²) in [7, 11) is 0. The third kappa shape index (κ3) is 3.52. The maximum atomic E-state index is 11.7. The first-order chi connectivity index (χ1) is 9.20. The summed E-state index contributed by atoms with van der Waals surface area (Å²) < 4.78 is 1.54. The summed E-state index contributed by atoms with van der Waals surface area (Å²) in [4.78, 5) is 15.6. The molecule has 1 aromatic carbocycles. The average Bonchev–Trinajstić information content (AvgIpc) is 2.90. The van der Waals surface area contributed by atoms with Crippen LogP contribution in [-0.4, -0.2) is 32.4 Å². The van der Waals surface area contributed by atoms with E-state index in [1.807, 2.05) is 0 Å². The molecule has 0 saturated heterocycles. The highest BCUT2D eigenvalue weighted by molar-refractivity contribution is 6.31. The second-order valence-electron chi connectivity index (χ2n) is 3.88. The van der Waals surface area contributed by atoms with Crippen molar-refractivity contribution in [3.05, 3.63) is 35.9 Å². The fraction of sp³-hybridized carbons (Fsp3) is 0.250. The van der Waals surface area contributed by atoms with Gasteiger partial charge in [-0.2, -0.15) is 5.10 Å². The van der Waals surface area contributed by atoms with Gasteiger partial charge in [0.1, 0.15) is 12.7 Å². The van der Waals surface area contributed by atoms with E-state index in [2.05, 4.69) is 15.4 Å². The van der Waals surface area contributed by atoms with E-state index in [1.165, 1.54) is 17.3 Å². The number of hydrogen-bond donors (Lipinski definition) is 2. The normalized spacial score (nSPS) is 10.4. The molecule has 1 amide bonds. The Morgan fingerprint density at radius 3 is 3.00 bits per heavy atom. The molecule has 0 radical (unpaired) electrons. The van der Waals surface area contributed by atoms with Gasteiger partial charge in [0.15, 0.2) is 0 Å². The number of carbonyl (C=O) groups excluding carboxylic acids is 1. The van der Waals surface area contributed by atoms with Gasteiger partial charge in [0, 0.05) is 18.1 Å². The SMILES string of the molecule is O=C(CCCO)Nc1cc(Cl)ccc1-n1cncn1. The minimum atomic E-state index is -0.183. The van der Waals surface area contributed by atoms with E-state index in [0.29, 0.717) is 22.8 Å². The molecule has 0 fully saturated rings. The highest BCUT2D eigenvalue weighted by atomic mass is 35.5. The highest BCUT2D eigenvalue weighted by Gasteiger charge is 2.09. The number of anilines is 1. The van der Waals surface area contributed by atoms with Gasteiger partial charge in [0.05, 0.1) is 11.4 Å². The van der Waals surface area contributed by atoms with Crippen molar-refractivity contribution in [3.8, 4) is 5.69 Å². The van der Waals surface area contributed by atoms with Crippen LogP contribution in [0.5, 0.6) is 0 Å². The first-order valence-electron chi connectivity index (χ1n) is 5.76. The summed E-state index contributed by atoms with van der Waals surface area (Å²) >= 11 is 5.93. The van der Waals surface area contributed by atoms with Gasteiger partial charge < -0.3 is 10.4 Å². The molecule has 2 N–H and O–H groups in total. The summed E-state index contributed by atoms with van der Waals surface area (Å²) in [5.41, 5.74) is 1.24. The number of hydrogen-bond acceptors (Lipinski definition) is 4. The largest absolute Gasteiger partial charge is 0.396 e. The molecular formula is C12H13ClN4O2. The smallest absolute Gasteiger partial charge is 0.224 e. The van der Waals surface area contributed by atoms with Crippen molar-refractivity contribution in [1.29, 1.82) is 0 Å². The molecule has 0 aliphatic heterocycles. The number of aliphatic hydroxyl groups is 1. The molecule has 1 aromatic heterocycles. The number of nitrogens with one attached hydrogen (secondary N) is 1. The van der Waals surface area contributed by atoms with Gasteiger partial charge in [0.25, 0.3) is 0 Å². The molecule has 0 spiro atoms. The lowest BCUT2D eigenvalue weighted by Gasteiger charge is -2.11. The first-order valence-corrected chi connectivity index (χ1v) is 6.14. The zero-order valence-corrected chi connectivity index (χ0v) is 10.8. The monoisotopic (exact) mass is 280 g/mol. The Bertz CT molecular complexity index is 557. The average molecular weight is 281 g/mol. The Hall–Kier alpha value is -1.92. The van der Waals surface area contributed by atoms with Crippen LogP contribution in [0.15, 0.2) is 30.9 Å². The van der Waals surface area contributed by atoms with Crippen LogP contribution < -0.4 is 5.32 Å². The number of carbonyl (C=O) groups is 1. The van der Waals surface area contributed by atoms with Crippen LogP contribution in [-0.2, 0) is 4.79 Å². The lowest BCUT2D eigenvalue weighted by Crippen LogP contribution is -2.14. The van der Waals surface area contributed by atoms with Gasteiger partial charge in [0.2, 0.25) is 5.91 Å². The van der Waals surface area contributed by atoms with Crippen molar-refractivity contribution < 1.29 is 9.90 Å². The number of nitrogens with zero attached hydrogens (tertiary/aromatic N) is 3. The summed E-state index contributed by atoms with van der Waals surface area (Å²) in [6.45, 7) is -0.0150. The number of rotatable bonds is 5. The lowest BCUT2D eigenvalue weighted by molar-refractivity contribution is -0.116. The molecule has 7 heteroatoms. The van der Waals surface area contributed by atoms with Gasteiger partial charge in [-0.25, -0.2) is 9.67 Å². The Kier molecular flexibility index (Phi) is 4.48. The van der Waals surface area contributed by atoms with Crippen molar-refractivity contribution in [2.45, 2.75) is 12.8 Å². The molecule has 1 heterocycles. The van der Waals surface area contributed by atoms with Gasteiger partial charge in [-0.15, -0.1) is 0 Å². The van der Waals surface area contributed by atoms with Crippen LogP contribution in [0.4, 0.5) is 5.69 Å². The Balaban J connectivity index is 2.23. The predicted octanol–water partition coefficient (Wildman–Crippen LogP) is 1.63. The maximum Gasteiger partial charge on any atom is 0.224 e. The van der Waals surface area contributed by atoms with E-state index >= 15 is 0 Å². The molecule has 6 nitrogen and oxygen atoms in total. The molecule has 0 atom stereocenters. The Morgan fingerprint density at radius 2 is 2.32 bits per heavy atom. The van der Waals surface area contributed by atoms with E-state index in [4.69, 9.17) is 16.7 Å². The molecule has 0 aliphatic carbocycles. The van der Waals surface area contributed by atoms with E-state index < -0.39 is 0 Å². The van der Waals surface area contributed by atoms with Gasteiger partial charge in [-0.3, -0.25) is 4.79 Å². The summed E-state index contributed by atoms with van der Waals surface area (Å²) in [6.07, 6.45) is 3.61. The molecule has 0 bridgehead atoms. The predicted molar refractivity (Wildman–Crippen MR) is 71.3 cm³/mol. The standard InChI is InChI=1S/C12H13ClN4O2/c13-9-3-4-11(17-8-14-7-15-17)10(6-9)16-12(19)2-1-5-18/h3-4,6-8,18H,1-2,5H2,(H,16,19). The Morgan fingerprint density at radius 1 is 1.47 bits per heavy atom. The quantitative estimate of drug-likeness (QED) is 0.872. The second kappa shape index (κ2) is 6.31. The second-order valence-corrected chi connectivity index (χ2v) is 4.31.